The van der Waals surface area contributed by atoms with Crippen molar-refractivity contribution in [3.63, 3.8) is 0 Å². The lowest BCUT2D eigenvalue weighted by Crippen LogP contribution is -2.48. The molecule has 4 rings (SSSR count). The highest BCUT2D eigenvalue weighted by atomic mass is 32.1. The van der Waals surface area contributed by atoms with Crippen LogP contribution in [0.1, 0.15) is 104 Å². The largest absolute Gasteiger partial charge is 0.463 e. The van der Waals surface area contributed by atoms with E-state index in [0.717, 1.165) is 57.3 Å². The number of rotatable bonds is 25. The predicted octanol–water partition coefficient (Wildman–Crippen LogP) is 3.41. The van der Waals surface area contributed by atoms with Gasteiger partial charge < -0.3 is 36.1 Å². The number of nitrogen functional groups attached to an aromatic ring is 1. The highest BCUT2D eigenvalue weighted by molar-refractivity contribution is 7.81. The molecule has 0 radical (unpaired) electrons. The van der Waals surface area contributed by atoms with Crippen molar-refractivity contribution in [1.82, 2.24) is 40.4 Å². The molecule has 2 aromatic heterocycles. The fourth-order valence-corrected chi connectivity index (χ4v) is 6.95. The first kappa shape index (κ1) is 47.4. The van der Waals surface area contributed by atoms with Gasteiger partial charge in [0.1, 0.15) is 23.1 Å². The van der Waals surface area contributed by atoms with Gasteiger partial charge in [-0.3, -0.25) is 28.7 Å². The van der Waals surface area contributed by atoms with Crippen molar-refractivity contribution < 1.29 is 28.7 Å². The second-order valence-electron chi connectivity index (χ2n) is 16.5. The number of thiol groups is 1. The average Bonchev–Trinajstić information content (AvgIpc) is 3.49. The number of imidazole rings is 1. The maximum atomic E-state index is 13.2. The first-order valence-corrected chi connectivity index (χ1v) is 21.3. The zero-order chi connectivity index (χ0) is 43.0. The number of amides is 3. The van der Waals surface area contributed by atoms with Crippen LogP contribution in [0.2, 0.25) is 0 Å². The van der Waals surface area contributed by atoms with Crippen molar-refractivity contribution in [1.29, 1.82) is 0 Å². The Labute approximate surface area is 352 Å². The smallest absolute Gasteiger partial charge is 0.328 e. The Morgan fingerprint density at radius 1 is 0.983 bits per heavy atom. The second-order valence-corrected chi connectivity index (χ2v) is 17.6. The number of unbranched alkanes of at least 4 members (excludes halogenated alkanes) is 2. The number of carbonyl (C=O) groups excluding carboxylic acids is 3. The fraction of sp³-hybridized carbons (Fsp3) is 0.659. The van der Waals surface area contributed by atoms with Crippen molar-refractivity contribution >= 4 is 47.3 Å². The van der Waals surface area contributed by atoms with Gasteiger partial charge in [0.15, 0.2) is 11.5 Å². The topological polar surface area (TPSA) is 234 Å². The Morgan fingerprint density at radius 3 is 2.34 bits per heavy atom. The number of fused-ring (bicyclic) bond motifs is 1. The van der Waals surface area contributed by atoms with Crippen molar-refractivity contribution in [2.24, 2.45) is 17.2 Å². The molecular formula is C41H66N10O7S. The molecule has 18 heteroatoms. The van der Waals surface area contributed by atoms with E-state index >= 15 is 0 Å². The molecule has 17 nitrogen and oxygen atoms in total. The summed E-state index contributed by atoms with van der Waals surface area (Å²) in [6, 6.07) is 7.67. The van der Waals surface area contributed by atoms with Gasteiger partial charge in [-0.25, -0.2) is 10.7 Å². The zero-order valence-electron chi connectivity index (χ0n) is 35.4. The highest BCUT2D eigenvalue weighted by Gasteiger charge is 2.28. The molecule has 0 unspecified atom stereocenters. The first-order chi connectivity index (χ1) is 28.1. The van der Waals surface area contributed by atoms with Gasteiger partial charge in [-0.2, -0.15) is 9.97 Å². The van der Waals surface area contributed by atoms with Crippen molar-refractivity contribution in [3.05, 3.63) is 45.9 Å². The van der Waals surface area contributed by atoms with Crippen LogP contribution in [-0.4, -0.2) is 99.1 Å². The number of nitrogens with zero attached hydrogens (tertiary/aromatic N) is 4. The molecule has 0 saturated carbocycles. The second kappa shape index (κ2) is 23.0. The SMILES string of the molecule is CCCCOc1nc(N)c2[nH]c(=O)n(Cc3ccc(CN4CCC(CCNC(=O)[C@H](CCCCNC(=O)C(C)(C)CCOC(C)(C)S)NC(=O)CON)CC4)cc3)c2n1. The number of anilines is 1. The number of benzene rings is 1. The molecule has 1 aromatic carbocycles. The van der Waals surface area contributed by atoms with E-state index < -0.39 is 22.3 Å². The summed E-state index contributed by atoms with van der Waals surface area (Å²) in [5, 5.41) is 8.73. The van der Waals surface area contributed by atoms with Crippen LogP contribution in [-0.2, 0) is 37.0 Å². The number of nitrogens with two attached hydrogens (primary N) is 2. The van der Waals surface area contributed by atoms with Gasteiger partial charge in [-0.15, -0.1) is 12.6 Å². The van der Waals surface area contributed by atoms with E-state index in [0.29, 0.717) is 75.6 Å². The molecule has 3 heterocycles. The van der Waals surface area contributed by atoms with Gasteiger partial charge in [0.25, 0.3) is 0 Å². The Balaban J connectivity index is 1.17. The lowest BCUT2D eigenvalue weighted by atomic mass is 9.88. The lowest BCUT2D eigenvalue weighted by molar-refractivity contribution is -0.131. The summed E-state index contributed by atoms with van der Waals surface area (Å²) in [5.41, 5.74) is 8.14. The van der Waals surface area contributed by atoms with E-state index in [1.165, 1.54) is 5.56 Å². The Hall–Kier alpha value is -4.23. The fourth-order valence-electron chi connectivity index (χ4n) is 6.86. The summed E-state index contributed by atoms with van der Waals surface area (Å²) in [4.78, 5) is 68.8. The molecule has 59 heavy (non-hydrogen) atoms. The number of H-pyrrole nitrogens is 1. The van der Waals surface area contributed by atoms with Crippen molar-refractivity contribution in [2.45, 2.75) is 116 Å². The number of aromatic nitrogens is 4. The molecule has 328 valence electrons. The molecule has 3 aromatic rings. The highest BCUT2D eigenvalue weighted by Crippen LogP contribution is 2.24. The number of ether oxygens (including phenoxy) is 2. The number of nitrogens with one attached hydrogen (secondary N) is 4. The molecule has 3 amide bonds. The summed E-state index contributed by atoms with van der Waals surface area (Å²) >= 11 is 4.36. The predicted molar refractivity (Wildman–Crippen MR) is 230 cm³/mol. The molecule has 0 bridgehead atoms. The molecule has 1 saturated heterocycles. The first-order valence-electron chi connectivity index (χ1n) is 20.8. The Bertz CT molecular complexity index is 1850. The Morgan fingerprint density at radius 2 is 1.68 bits per heavy atom. The van der Waals surface area contributed by atoms with Crippen LogP contribution in [0.4, 0.5) is 5.82 Å². The molecule has 0 aliphatic carbocycles. The molecule has 1 aliphatic heterocycles. The van der Waals surface area contributed by atoms with E-state index in [1.807, 2.05) is 39.8 Å². The summed E-state index contributed by atoms with van der Waals surface area (Å²) < 4.78 is 12.9. The van der Waals surface area contributed by atoms with Crippen LogP contribution in [0.15, 0.2) is 29.1 Å². The number of aromatic amines is 1. The normalized spacial score (nSPS) is 14.6. The third-order valence-electron chi connectivity index (χ3n) is 10.6. The zero-order valence-corrected chi connectivity index (χ0v) is 36.3. The number of piperidine rings is 1. The van der Waals surface area contributed by atoms with Gasteiger partial charge in [0, 0.05) is 31.7 Å². The van der Waals surface area contributed by atoms with Crippen molar-refractivity contribution in [2.75, 3.05) is 51.7 Å². The van der Waals surface area contributed by atoms with Gasteiger partial charge in [0.2, 0.25) is 17.7 Å². The van der Waals surface area contributed by atoms with Crippen molar-refractivity contribution in [3.8, 4) is 6.01 Å². The minimum absolute atomic E-state index is 0.0651. The monoisotopic (exact) mass is 842 g/mol. The third-order valence-corrected chi connectivity index (χ3v) is 10.7. The minimum atomic E-state index is -0.737. The summed E-state index contributed by atoms with van der Waals surface area (Å²) in [5.74, 6) is 4.95. The van der Waals surface area contributed by atoms with E-state index in [1.54, 1.807) is 4.57 Å². The standard InChI is InChI=1S/C41H66N10O7S/c1-6-7-23-56-38-48-34(42)33-35(49-38)51(39(55)47-33)26-30-13-11-29(12-14-30)25-50-21-16-28(17-22-50)15-20-44-36(53)31(46-32(52)27-58-43)10-8-9-19-45-37(54)40(2,3)18-24-57-41(4,5)59/h11-14,28,31,59H,6-10,15-27,43H2,1-5H3,(H,44,53)(H,45,54)(H,46,52)(H,47,55)(H2,42,48,49)/t31-/m0/s1. The maximum Gasteiger partial charge on any atom is 0.328 e. The van der Waals surface area contributed by atoms with E-state index in [4.69, 9.17) is 21.1 Å². The number of likely N-dealkylation sites (tertiary alicyclic amines) is 1. The molecule has 1 aliphatic rings. The number of carbonyl (C=O) groups is 3. The minimum Gasteiger partial charge on any atom is -0.463 e. The summed E-state index contributed by atoms with van der Waals surface area (Å²) in [7, 11) is 0. The quantitative estimate of drug-likeness (QED) is 0.0282. The maximum absolute atomic E-state index is 13.2. The van der Waals surface area contributed by atoms with E-state index in [9.17, 15) is 19.2 Å². The van der Waals surface area contributed by atoms with Gasteiger partial charge >= 0.3 is 11.7 Å². The van der Waals surface area contributed by atoms with E-state index in [2.05, 4.69) is 72.3 Å². The summed E-state index contributed by atoms with van der Waals surface area (Å²) in [6.45, 7) is 14.1. The third kappa shape index (κ3) is 15.7. The molecule has 8 N–H and O–H groups in total. The number of hydrogen-bond donors (Lipinski definition) is 7. The van der Waals surface area contributed by atoms with Crippen LogP contribution < -0.4 is 38.0 Å². The van der Waals surface area contributed by atoms with Gasteiger partial charge in [-0.1, -0.05) is 51.5 Å². The number of hydrogen-bond acceptors (Lipinski definition) is 13. The van der Waals surface area contributed by atoms with Crippen LogP contribution >= 0.6 is 12.6 Å². The molecule has 1 fully saturated rings. The average molecular weight is 843 g/mol. The lowest BCUT2D eigenvalue weighted by Gasteiger charge is -2.32. The van der Waals surface area contributed by atoms with E-state index in [-0.39, 0.29) is 35.9 Å². The molecular weight excluding hydrogens is 777 g/mol. The summed E-state index contributed by atoms with van der Waals surface area (Å²) in [6.07, 6.45) is 6.94. The molecule has 1 atom stereocenters. The Kier molecular flexibility index (Phi) is 18.5. The molecule has 0 spiro atoms. The van der Waals surface area contributed by atoms with Crippen LogP contribution in [0, 0.1) is 11.3 Å². The van der Waals surface area contributed by atoms with Gasteiger partial charge in [-0.05, 0) is 95.3 Å². The van der Waals surface area contributed by atoms with Crippen LogP contribution in [0.25, 0.3) is 11.2 Å². The van der Waals surface area contributed by atoms with Crippen LogP contribution in [0.5, 0.6) is 6.01 Å². The van der Waals surface area contributed by atoms with Gasteiger partial charge in [0.05, 0.1) is 13.2 Å². The van der Waals surface area contributed by atoms with Crippen LogP contribution in [0.3, 0.4) is 0 Å².